The van der Waals surface area contributed by atoms with Crippen molar-refractivity contribution in [3.8, 4) is 0 Å². The number of pyridine rings is 1. The molecule has 1 rings (SSSR count). The summed E-state index contributed by atoms with van der Waals surface area (Å²) in [5.74, 6) is 0.0257. The van der Waals surface area contributed by atoms with Crippen LogP contribution in [0, 0.1) is 0 Å². The normalized spacial score (nSPS) is 13.1. The Balaban J connectivity index is 2.41. The van der Waals surface area contributed by atoms with Gasteiger partial charge in [0.1, 0.15) is 0 Å². The number of carbonyl (C=O) groups excluding carboxylic acids is 1. The Morgan fingerprint density at radius 3 is 2.72 bits per heavy atom. The van der Waals surface area contributed by atoms with Crippen LogP contribution in [0.1, 0.15) is 39.8 Å². The van der Waals surface area contributed by atoms with E-state index in [1.807, 2.05) is 39.0 Å². The van der Waals surface area contributed by atoms with Crippen LogP contribution < -0.4 is 10.6 Å². The molecule has 1 unspecified atom stereocenters. The fourth-order valence-corrected chi connectivity index (χ4v) is 1.38. The van der Waals surface area contributed by atoms with Crippen molar-refractivity contribution in [2.45, 2.75) is 52.2 Å². The lowest BCUT2D eigenvalue weighted by Gasteiger charge is -2.26. The van der Waals surface area contributed by atoms with E-state index >= 15 is 0 Å². The molecule has 0 aliphatic rings. The molecule has 0 aliphatic carbocycles. The summed E-state index contributed by atoms with van der Waals surface area (Å²) in [4.78, 5) is 16.2. The van der Waals surface area contributed by atoms with Crippen molar-refractivity contribution in [1.82, 2.24) is 15.6 Å². The first-order valence-electron chi connectivity index (χ1n) is 6.40. The van der Waals surface area contributed by atoms with Crippen LogP contribution in [-0.2, 0) is 11.3 Å². The van der Waals surface area contributed by atoms with Gasteiger partial charge in [-0.1, -0.05) is 13.0 Å². The van der Waals surface area contributed by atoms with Crippen LogP contribution in [0.25, 0.3) is 0 Å². The molecular weight excluding hydrogens is 226 g/mol. The highest BCUT2D eigenvalue weighted by Gasteiger charge is 2.21. The summed E-state index contributed by atoms with van der Waals surface area (Å²) in [6.45, 7) is 8.57. The molecule has 0 saturated heterocycles. The topological polar surface area (TPSA) is 54.0 Å². The molecule has 4 heteroatoms. The number of amides is 1. The molecule has 0 radical (unpaired) electrons. The van der Waals surface area contributed by atoms with Gasteiger partial charge < -0.3 is 10.6 Å². The maximum absolute atomic E-state index is 11.9. The molecule has 1 aromatic rings. The molecule has 0 aliphatic heterocycles. The molecule has 1 heterocycles. The van der Waals surface area contributed by atoms with E-state index in [-0.39, 0.29) is 17.5 Å². The molecule has 0 bridgehead atoms. The van der Waals surface area contributed by atoms with E-state index in [1.54, 1.807) is 6.20 Å². The standard InChI is InChI=1S/C14H23N3O/c1-5-14(3,4)17-13(18)11(2)16-10-12-8-6-7-9-15-12/h6-9,11,16H,5,10H2,1-4H3,(H,17,18). The lowest BCUT2D eigenvalue weighted by molar-refractivity contribution is -0.124. The predicted octanol–water partition coefficient (Wildman–Crippen LogP) is 1.86. The highest BCUT2D eigenvalue weighted by molar-refractivity contribution is 5.81. The zero-order chi connectivity index (χ0) is 13.6. The smallest absolute Gasteiger partial charge is 0.237 e. The van der Waals surface area contributed by atoms with Crippen LogP contribution in [0.5, 0.6) is 0 Å². The molecule has 0 spiro atoms. The largest absolute Gasteiger partial charge is 0.350 e. The van der Waals surface area contributed by atoms with Crippen molar-refractivity contribution in [2.75, 3.05) is 0 Å². The quantitative estimate of drug-likeness (QED) is 0.809. The molecule has 1 atom stereocenters. The molecule has 1 aromatic heterocycles. The van der Waals surface area contributed by atoms with Gasteiger partial charge in [-0.05, 0) is 39.3 Å². The lowest BCUT2D eigenvalue weighted by Crippen LogP contribution is -2.50. The minimum Gasteiger partial charge on any atom is -0.350 e. The van der Waals surface area contributed by atoms with Gasteiger partial charge in [-0.2, -0.15) is 0 Å². The lowest BCUT2D eigenvalue weighted by atomic mass is 10.0. The molecule has 0 fully saturated rings. The number of carbonyl (C=O) groups is 1. The number of aromatic nitrogens is 1. The van der Waals surface area contributed by atoms with Crippen LogP contribution in [0.4, 0.5) is 0 Å². The van der Waals surface area contributed by atoms with Gasteiger partial charge >= 0.3 is 0 Å². The monoisotopic (exact) mass is 249 g/mol. The summed E-state index contributed by atoms with van der Waals surface area (Å²) in [5.41, 5.74) is 0.782. The van der Waals surface area contributed by atoms with Crippen molar-refractivity contribution in [3.63, 3.8) is 0 Å². The van der Waals surface area contributed by atoms with Crippen molar-refractivity contribution < 1.29 is 4.79 Å². The molecule has 2 N–H and O–H groups in total. The minimum atomic E-state index is -0.224. The first kappa shape index (κ1) is 14.6. The van der Waals surface area contributed by atoms with Crippen molar-refractivity contribution in [1.29, 1.82) is 0 Å². The number of nitrogens with one attached hydrogen (secondary N) is 2. The van der Waals surface area contributed by atoms with E-state index in [2.05, 4.69) is 22.5 Å². The molecule has 100 valence electrons. The van der Waals surface area contributed by atoms with Gasteiger partial charge in [0, 0.05) is 18.3 Å². The third-order valence-electron chi connectivity index (χ3n) is 3.05. The van der Waals surface area contributed by atoms with Gasteiger partial charge in [0.05, 0.1) is 11.7 Å². The summed E-state index contributed by atoms with van der Waals surface area (Å²) >= 11 is 0. The first-order valence-corrected chi connectivity index (χ1v) is 6.40. The third-order valence-corrected chi connectivity index (χ3v) is 3.05. The average molecular weight is 249 g/mol. The molecule has 0 saturated carbocycles. The summed E-state index contributed by atoms with van der Waals surface area (Å²) in [5, 5.41) is 6.19. The number of rotatable bonds is 6. The van der Waals surface area contributed by atoms with Gasteiger partial charge in [0.25, 0.3) is 0 Å². The van der Waals surface area contributed by atoms with E-state index in [0.29, 0.717) is 6.54 Å². The fourth-order valence-electron chi connectivity index (χ4n) is 1.38. The van der Waals surface area contributed by atoms with Gasteiger partial charge in [-0.3, -0.25) is 9.78 Å². The highest BCUT2D eigenvalue weighted by Crippen LogP contribution is 2.07. The Morgan fingerprint density at radius 1 is 1.44 bits per heavy atom. The van der Waals surface area contributed by atoms with Crippen molar-refractivity contribution in [2.24, 2.45) is 0 Å². The van der Waals surface area contributed by atoms with Crippen molar-refractivity contribution >= 4 is 5.91 Å². The molecular formula is C14H23N3O. The van der Waals surface area contributed by atoms with Gasteiger partial charge in [0.15, 0.2) is 0 Å². The van der Waals surface area contributed by atoms with Gasteiger partial charge in [-0.25, -0.2) is 0 Å². The highest BCUT2D eigenvalue weighted by atomic mass is 16.2. The second kappa shape index (κ2) is 6.50. The van der Waals surface area contributed by atoms with E-state index in [4.69, 9.17) is 0 Å². The number of hydrogen-bond acceptors (Lipinski definition) is 3. The maximum Gasteiger partial charge on any atom is 0.237 e. The van der Waals surface area contributed by atoms with E-state index in [0.717, 1.165) is 12.1 Å². The average Bonchev–Trinajstić information content (AvgIpc) is 2.36. The summed E-state index contributed by atoms with van der Waals surface area (Å²) in [7, 11) is 0. The summed E-state index contributed by atoms with van der Waals surface area (Å²) < 4.78 is 0. The summed E-state index contributed by atoms with van der Waals surface area (Å²) in [6.07, 6.45) is 2.66. The molecule has 18 heavy (non-hydrogen) atoms. The predicted molar refractivity (Wildman–Crippen MR) is 73.1 cm³/mol. The first-order chi connectivity index (χ1) is 8.44. The Morgan fingerprint density at radius 2 is 2.17 bits per heavy atom. The van der Waals surface area contributed by atoms with Crippen molar-refractivity contribution in [3.05, 3.63) is 30.1 Å². The Hall–Kier alpha value is -1.42. The Bertz CT molecular complexity index is 376. The molecule has 1 amide bonds. The van der Waals surface area contributed by atoms with E-state index in [1.165, 1.54) is 0 Å². The summed E-state index contributed by atoms with van der Waals surface area (Å²) in [6, 6.07) is 5.53. The zero-order valence-electron chi connectivity index (χ0n) is 11.7. The van der Waals surface area contributed by atoms with E-state index < -0.39 is 0 Å². The zero-order valence-corrected chi connectivity index (χ0v) is 11.7. The number of hydrogen-bond donors (Lipinski definition) is 2. The Labute approximate surface area is 109 Å². The third kappa shape index (κ3) is 4.84. The second-order valence-corrected chi connectivity index (χ2v) is 5.15. The van der Waals surface area contributed by atoms with E-state index in [9.17, 15) is 4.79 Å². The van der Waals surface area contributed by atoms with Gasteiger partial charge in [-0.15, -0.1) is 0 Å². The molecule has 4 nitrogen and oxygen atoms in total. The maximum atomic E-state index is 11.9. The second-order valence-electron chi connectivity index (χ2n) is 5.15. The fraction of sp³-hybridized carbons (Fsp3) is 0.571. The van der Waals surface area contributed by atoms with Crippen LogP contribution in [0.3, 0.4) is 0 Å². The van der Waals surface area contributed by atoms with Crippen LogP contribution >= 0.6 is 0 Å². The van der Waals surface area contributed by atoms with Crippen LogP contribution in [0.2, 0.25) is 0 Å². The number of nitrogens with zero attached hydrogens (tertiary/aromatic N) is 1. The SMILES string of the molecule is CCC(C)(C)NC(=O)C(C)NCc1ccccn1. The minimum absolute atomic E-state index is 0.0257. The van der Waals surface area contributed by atoms with Crippen LogP contribution in [-0.4, -0.2) is 22.5 Å². The Kier molecular flexibility index (Phi) is 5.28. The van der Waals surface area contributed by atoms with Crippen LogP contribution in [0.15, 0.2) is 24.4 Å². The molecule has 0 aromatic carbocycles. The van der Waals surface area contributed by atoms with Gasteiger partial charge in [0.2, 0.25) is 5.91 Å².